The zero-order chi connectivity index (χ0) is 26.0. The van der Waals surface area contributed by atoms with E-state index in [9.17, 15) is 24.5 Å². The van der Waals surface area contributed by atoms with E-state index in [2.05, 4.69) is 15.6 Å². The van der Waals surface area contributed by atoms with E-state index in [1.54, 1.807) is 34.1 Å². The van der Waals surface area contributed by atoms with Crippen molar-refractivity contribution in [1.82, 2.24) is 25.4 Å². The first-order valence-corrected chi connectivity index (χ1v) is 13.2. The molecule has 0 spiro atoms. The number of fused-ring (bicyclic) bond motifs is 1. The Bertz CT molecular complexity index is 1330. The zero-order valence-electron chi connectivity index (χ0n) is 20.2. The van der Waals surface area contributed by atoms with Gasteiger partial charge in [0.15, 0.2) is 0 Å². The predicted octanol–water partition coefficient (Wildman–Crippen LogP) is 2.36. The summed E-state index contributed by atoms with van der Waals surface area (Å²) in [5, 5.41) is 20.0. The summed E-state index contributed by atoms with van der Waals surface area (Å²) in [7, 11) is 0. The summed E-state index contributed by atoms with van der Waals surface area (Å²) >= 11 is 1.40. The third kappa shape index (κ3) is 4.94. The number of carbonyl (C=O) groups excluding carboxylic acids is 3. The first-order chi connectivity index (χ1) is 17.9. The van der Waals surface area contributed by atoms with Crippen LogP contribution in [0.5, 0.6) is 0 Å². The first-order valence-electron chi connectivity index (χ1n) is 12.3. The number of nitrogens with one attached hydrogen (secondary N) is 3. The van der Waals surface area contributed by atoms with E-state index in [1.165, 1.54) is 17.4 Å². The average molecular weight is 525 g/mol. The Labute approximate surface area is 217 Å². The normalized spacial score (nSPS) is 17.8. The number of para-hydroxylation sites is 1. The molecule has 4 heterocycles. The maximum atomic E-state index is 13.9. The van der Waals surface area contributed by atoms with Gasteiger partial charge in [-0.15, -0.1) is 11.3 Å². The molecule has 3 aromatic rings. The number of aromatic amines is 1. The van der Waals surface area contributed by atoms with Crippen LogP contribution in [0.3, 0.4) is 0 Å². The maximum absolute atomic E-state index is 13.9. The molecular formula is C25H28N6O5S. The summed E-state index contributed by atoms with van der Waals surface area (Å²) in [6.07, 6.45) is 1.50. The Balaban J connectivity index is 1.34. The van der Waals surface area contributed by atoms with Crippen molar-refractivity contribution in [2.24, 2.45) is 0 Å². The van der Waals surface area contributed by atoms with Gasteiger partial charge in [0.05, 0.1) is 9.80 Å². The van der Waals surface area contributed by atoms with Crippen molar-refractivity contribution in [2.75, 3.05) is 39.3 Å². The number of hydrogen-bond acceptors (Lipinski definition) is 7. The highest BCUT2D eigenvalue weighted by molar-refractivity contribution is 7.12. The van der Waals surface area contributed by atoms with Crippen molar-refractivity contribution in [1.29, 1.82) is 0 Å². The number of non-ortho nitro benzene ring substituents is 1. The molecule has 194 valence electrons. The lowest BCUT2D eigenvalue weighted by atomic mass is 9.86. The van der Waals surface area contributed by atoms with Crippen molar-refractivity contribution in [2.45, 2.75) is 24.8 Å². The highest BCUT2D eigenvalue weighted by Crippen LogP contribution is 2.27. The van der Waals surface area contributed by atoms with Crippen molar-refractivity contribution < 1.29 is 19.3 Å². The van der Waals surface area contributed by atoms with Crippen LogP contribution in [0.4, 0.5) is 5.69 Å². The summed E-state index contributed by atoms with van der Waals surface area (Å²) in [5.74, 6) is -0.665. The molecule has 2 saturated heterocycles. The second-order valence-corrected chi connectivity index (χ2v) is 10.3. The van der Waals surface area contributed by atoms with Crippen molar-refractivity contribution in [3.63, 3.8) is 0 Å². The zero-order valence-corrected chi connectivity index (χ0v) is 21.0. The van der Waals surface area contributed by atoms with Crippen LogP contribution in [0.2, 0.25) is 0 Å². The van der Waals surface area contributed by atoms with E-state index >= 15 is 0 Å². The van der Waals surface area contributed by atoms with Crippen LogP contribution in [0.25, 0.3) is 10.9 Å². The fraction of sp³-hybridized carbons (Fsp3) is 0.400. The van der Waals surface area contributed by atoms with Gasteiger partial charge >= 0.3 is 0 Å². The quantitative estimate of drug-likeness (QED) is 0.346. The topological polar surface area (TPSA) is 141 Å². The fourth-order valence-electron chi connectivity index (χ4n) is 5.13. The highest BCUT2D eigenvalue weighted by Gasteiger charge is 2.44. The van der Waals surface area contributed by atoms with Gasteiger partial charge in [0, 0.05) is 37.6 Å². The van der Waals surface area contributed by atoms with Crippen LogP contribution in [0, 0.1) is 10.1 Å². The summed E-state index contributed by atoms with van der Waals surface area (Å²) in [4.78, 5) is 58.0. The number of nitro benzene ring substituents is 1. The molecule has 3 N–H and O–H groups in total. The molecule has 2 aromatic heterocycles. The molecule has 3 amide bonds. The minimum Gasteiger partial charge on any atom is -0.345 e. The van der Waals surface area contributed by atoms with Gasteiger partial charge in [0.1, 0.15) is 16.7 Å². The highest BCUT2D eigenvalue weighted by atomic mass is 32.1. The molecule has 2 aliphatic rings. The number of benzene rings is 1. The van der Waals surface area contributed by atoms with Crippen LogP contribution < -0.4 is 10.6 Å². The molecule has 2 aliphatic heterocycles. The van der Waals surface area contributed by atoms with Gasteiger partial charge in [-0.2, -0.15) is 0 Å². The second-order valence-electron chi connectivity index (χ2n) is 9.38. The van der Waals surface area contributed by atoms with Crippen LogP contribution in [-0.4, -0.2) is 82.2 Å². The largest absolute Gasteiger partial charge is 0.345 e. The average Bonchev–Trinajstić information content (AvgIpc) is 3.53. The summed E-state index contributed by atoms with van der Waals surface area (Å²) in [6.45, 7) is 3.02. The van der Waals surface area contributed by atoms with Crippen LogP contribution >= 0.6 is 11.3 Å². The van der Waals surface area contributed by atoms with E-state index in [4.69, 9.17) is 0 Å². The van der Waals surface area contributed by atoms with E-state index in [-0.39, 0.29) is 28.7 Å². The smallest absolute Gasteiger partial charge is 0.293 e. The Hall–Kier alpha value is -3.77. The molecule has 37 heavy (non-hydrogen) atoms. The number of carbonyl (C=O) groups is 3. The minimum atomic E-state index is -1.10. The summed E-state index contributed by atoms with van der Waals surface area (Å²) < 4.78 is 0. The Morgan fingerprint density at radius 2 is 1.78 bits per heavy atom. The SMILES string of the molecule is O=C(NC1(C(=O)N2CCCN(C(=O)c3cccs3)CC2)CCNCC1)c1cc2cccc([N+](=O)[O-])c2[nH]1. The van der Waals surface area contributed by atoms with Crippen molar-refractivity contribution in [3.8, 4) is 0 Å². The van der Waals surface area contributed by atoms with Crippen LogP contribution in [-0.2, 0) is 4.79 Å². The number of piperidine rings is 1. The lowest BCUT2D eigenvalue weighted by molar-refractivity contribution is -0.383. The monoisotopic (exact) mass is 524 g/mol. The molecule has 2 fully saturated rings. The summed E-state index contributed by atoms with van der Waals surface area (Å²) in [6, 6.07) is 9.86. The maximum Gasteiger partial charge on any atom is 0.293 e. The van der Waals surface area contributed by atoms with Crippen LogP contribution in [0.1, 0.15) is 39.4 Å². The number of nitro groups is 1. The number of H-pyrrole nitrogens is 1. The van der Waals surface area contributed by atoms with E-state index < -0.39 is 16.4 Å². The lowest BCUT2D eigenvalue weighted by Crippen LogP contribution is -2.63. The molecule has 0 radical (unpaired) electrons. The summed E-state index contributed by atoms with van der Waals surface area (Å²) in [5.41, 5.74) is -0.779. The molecule has 1 aromatic carbocycles. The number of amides is 3. The number of rotatable bonds is 5. The van der Waals surface area contributed by atoms with Crippen molar-refractivity contribution >= 4 is 45.6 Å². The van der Waals surface area contributed by atoms with E-state index in [0.717, 1.165) is 0 Å². The van der Waals surface area contributed by atoms with E-state index in [1.807, 2.05) is 11.4 Å². The van der Waals surface area contributed by atoms with Gasteiger partial charge in [-0.3, -0.25) is 24.5 Å². The molecule has 5 rings (SSSR count). The van der Waals surface area contributed by atoms with Gasteiger partial charge in [-0.1, -0.05) is 18.2 Å². The second kappa shape index (κ2) is 10.3. The Morgan fingerprint density at radius 3 is 2.51 bits per heavy atom. The number of thiophene rings is 1. The third-order valence-electron chi connectivity index (χ3n) is 7.10. The molecule has 11 nitrogen and oxygen atoms in total. The minimum absolute atomic E-state index is 0.0258. The number of hydrogen-bond donors (Lipinski definition) is 3. The van der Waals surface area contributed by atoms with Gasteiger partial charge in [0.2, 0.25) is 5.91 Å². The first kappa shape index (κ1) is 24.9. The number of nitrogens with zero attached hydrogens (tertiary/aromatic N) is 3. The van der Waals surface area contributed by atoms with Gasteiger partial charge < -0.3 is 25.4 Å². The fourth-order valence-corrected chi connectivity index (χ4v) is 5.82. The van der Waals surface area contributed by atoms with Crippen LogP contribution in [0.15, 0.2) is 41.8 Å². The van der Waals surface area contributed by atoms with Gasteiger partial charge in [-0.05, 0) is 49.9 Å². The van der Waals surface area contributed by atoms with Gasteiger partial charge in [0.25, 0.3) is 17.5 Å². The van der Waals surface area contributed by atoms with Gasteiger partial charge in [-0.25, -0.2) is 0 Å². The third-order valence-corrected chi connectivity index (χ3v) is 7.95. The Kier molecular flexibility index (Phi) is 6.94. The molecule has 12 heteroatoms. The molecule has 0 atom stereocenters. The predicted molar refractivity (Wildman–Crippen MR) is 139 cm³/mol. The number of aromatic nitrogens is 1. The Morgan fingerprint density at radius 1 is 1.03 bits per heavy atom. The molecule has 0 aliphatic carbocycles. The van der Waals surface area contributed by atoms with E-state index in [0.29, 0.717) is 68.8 Å². The molecule has 0 bridgehead atoms. The molecular weight excluding hydrogens is 496 g/mol. The lowest BCUT2D eigenvalue weighted by Gasteiger charge is -2.40. The van der Waals surface area contributed by atoms with Crippen molar-refractivity contribution in [3.05, 3.63) is 62.5 Å². The molecule has 0 unspecified atom stereocenters. The molecule has 0 saturated carbocycles. The standard InChI is InChI=1S/C25H28N6O5S/c32-22(18-16-17-4-1-5-19(31(35)36)21(17)27-18)28-25(7-9-26-10-8-25)24(34)30-12-3-11-29(13-14-30)23(33)20-6-2-15-37-20/h1-2,4-6,15-16,26-27H,3,7-14H2,(H,28,32).